The van der Waals surface area contributed by atoms with Crippen molar-refractivity contribution in [1.82, 2.24) is 4.90 Å². The topological polar surface area (TPSA) is 202 Å². The van der Waals surface area contributed by atoms with Crippen LogP contribution in [0.1, 0.15) is 28.8 Å². The van der Waals surface area contributed by atoms with E-state index < -0.39 is 50.0 Å². The molecule has 0 aliphatic carbocycles. The number of likely N-dealkylation sites (tertiary alicyclic amines) is 1. The van der Waals surface area contributed by atoms with E-state index in [-0.39, 0.29) is 48.6 Å². The fraction of sp³-hybridized carbons (Fsp3) is 0.304. The Bertz CT molecular complexity index is 1410. The summed E-state index contributed by atoms with van der Waals surface area (Å²) in [6.45, 7) is -0.238. The van der Waals surface area contributed by atoms with Gasteiger partial charge in [0.25, 0.3) is 5.69 Å². The Kier molecular flexibility index (Phi) is 9.13. The fourth-order valence-corrected chi connectivity index (χ4v) is 4.84. The van der Waals surface area contributed by atoms with Gasteiger partial charge < -0.3 is 15.2 Å². The zero-order valence-corrected chi connectivity index (χ0v) is 22.1. The van der Waals surface area contributed by atoms with Crippen LogP contribution in [-0.2, 0) is 31.0 Å². The first-order valence-corrected chi connectivity index (χ1v) is 13.6. The number of non-ortho nitro benzene ring substituents is 1. The number of benzene rings is 2. The number of anilines is 2. The Labute approximate surface area is 227 Å². The van der Waals surface area contributed by atoms with E-state index in [1.807, 2.05) is 0 Å². The number of nitrogens with one attached hydrogen (secondary N) is 2. The van der Waals surface area contributed by atoms with Gasteiger partial charge in [0.15, 0.2) is 5.12 Å². The number of sulfonamides is 1. The predicted molar refractivity (Wildman–Crippen MR) is 141 cm³/mol. The Hall–Kier alpha value is -4.18. The van der Waals surface area contributed by atoms with E-state index in [1.165, 1.54) is 30.3 Å². The molecule has 0 aromatic heterocycles. The van der Waals surface area contributed by atoms with Gasteiger partial charge in [0.05, 0.1) is 22.4 Å². The number of hydrogen-bond acceptors (Lipinski definition) is 9. The largest absolute Gasteiger partial charge is 0.478 e. The molecule has 0 radical (unpaired) electrons. The van der Waals surface area contributed by atoms with Crippen LogP contribution in [-0.4, -0.2) is 65.3 Å². The Morgan fingerprint density at radius 3 is 2.36 bits per heavy atom. The van der Waals surface area contributed by atoms with Crippen LogP contribution in [0, 0.1) is 16.0 Å². The Morgan fingerprint density at radius 2 is 1.79 bits per heavy atom. The second kappa shape index (κ2) is 12.1. The molecule has 0 bridgehead atoms. The molecular formula is C23H24N4O10S2. The van der Waals surface area contributed by atoms with Crippen LogP contribution in [0.25, 0.3) is 0 Å². The normalized spacial score (nSPS) is 16.8. The second-order valence-corrected chi connectivity index (χ2v) is 11.1. The SMILES string of the molecule is CS(=O)(=O)Nc1cc(NC(=O)[C@@H]2C[C@@H](CC(=O)S)CN2C(=O)OCc2ccc([N+](=O)[O-])cc2)cc(C(=O)O)c1. The summed E-state index contributed by atoms with van der Waals surface area (Å²) in [5.74, 6) is -2.50. The number of carbonyl (C=O) groups is 4. The molecule has 1 aliphatic heterocycles. The van der Waals surface area contributed by atoms with Gasteiger partial charge in [-0.05, 0) is 48.2 Å². The van der Waals surface area contributed by atoms with Gasteiger partial charge in [-0.25, -0.2) is 18.0 Å². The molecule has 2 aromatic carbocycles. The average molecular weight is 581 g/mol. The summed E-state index contributed by atoms with van der Waals surface area (Å²) >= 11 is 3.77. The highest BCUT2D eigenvalue weighted by Gasteiger charge is 2.41. The molecule has 0 saturated carbocycles. The number of carbonyl (C=O) groups excluding carboxylic acids is 3. The Balaban J connectivity index is 1.78. The van der Waals surface area contributed by atoms with Gasteiger partial charge in [0, 0.05) is 30.8 Å². The third-order valence-corrected chi connectivity index (χ3v) is 6.44. The summed E-state index contributed by atoms with van der Waals surface area (Å²) in [7, 11) is -3.75. The molecule has 1 fully saturated rings. The number of carboxylic acids is 1. The lowest BCUT2D eigenvalue weighted by atomic mass is 10.0. The minimum atomic E-state index is -3.75. The van der Waals surface area contributed by atoms with E-state index in [2.05, 4.69) is 22.7 Å². The number of nitro benzene ring substituents is 1. The molecule has 1 saturated heterocycles. The van der Waals surface area contributed by atoms with Crippen molar-refractivity contribution in [2.45, 2.75) is 25.5 Å². The Morgan fingerprint density at radius 1 is 1.15 bits per heavy atom. The molecule has 39 heavy (non-hydrogen) atoms. The first kappa shape index (κ1) is 29.4. The van der Waals surface area contributed by atoms with E-state index in [0.29, 0.717) is 5.56 Å². The molecule has 1 heterocycles. The molecular weight excluding hydrogens is 556 g/mol. The average Bonchev–Trinajstić information content (AvgIpc) is 3.25. The van der Waals surface area contributed by atoms with Crippen molar-refractivity contribution >= 4 is 62.8 Å². The number of hydrogen-bond donors (Lipinski definition) is 4. The first-order chi connectivity index (χ1) is 18.2. The fourth-order valence-electron chi connectivity index (χ4n) is 4.03. The van der Waals surface area contributed by atoms with Crippen LogP contribution in [0.4, 0.5) is 21.9 Å². The summed E-state index contributed by atoms with van der Waals surface area (Å²) in [5.41, 5.74) is -0.116. The highest BCUT2D eigenvalue weighted by molar-refractivity contribution is 7.96. The van der Waals surface area contributed by atoms with Crippen molar-refractivity contribution in [3.8, 4) is 0 Å². The van der Waals surface area contributed by atoms with E-state index in [1.54, 1.807) is 0 Å². The van der Waals surface area contributed by atoms with E-state index in [0.717, 1.165) is 23.3 Å². The zero-order valence-electron chi connectivity index (χ0n) is 20.4. The number of thiol groups is 1. The molecule has 208 valence electrons. The highest BCUT2D eigenvalue weighted by Crippen LogP contribution is 2.29. The molecule has 2 amide bonds. The maximum Gasteiger partial charge on any atom is 0.410 e. The van der Waals surface area contributed by atoms with Crippen molar-refractivity contribution < 1.29 is 42.4 Å². The maximum atomic E-state index is 13.2. The van der Waals surface area contributed by atoms with Gasteiger partial charge in [-0.1, -0.05) is 0 Å². The number of aromatic carboxylic acids is 1. The first-order valence-electron chi connectivity index (χ1n) is 11.3. The number of carboxylic acid groups (broad SMARTS) is 1. The number of nitro groups is 1. The quantitative estimate of drug-likeness (QED) is 0.184. The minimum absolute atomic E-state index is 0.000465. The molecule has 16 heteroatoms. The number of amides is 2. The van der Waals surface area contributed by atoms with Crippen molar-refractivity contribution in [3.63, 3.8) is 0 Å². The van der Waals surface area contributed by atoms with Crippen LogP contribution < -0.4 is 10.0 Å². The van der Waals surface area contributed by atoms with Gasteiger partial charge in [-0.3, -0.25) is 29.3 Å². The highest BCUT2D eigenvalue weighted by atomic mass is 32.2. The lowest BCUT2D eigenvalue weighted by molar-refractivity contribution is -0.384. The molecule has 3 N–H and O–H groups in total. The van der Waals surface area contributed by atoms with E-state index >= 15 is 0 Å². The third-order valence-electron chi connectivity index (χ3n) is 5.65. The maximum absolute atomic E-state index is 13.2. The molecule has 0 spiro atoms. The van der Waals surface area contributed by atoms with Crippen LogP contribution in [0.5, 0.6) is 0 Å². The van der Waals surface area contributed by atoms with Gasteiger partial charge in [-0.15, -0.1) is 12.6 Å². The summed E-state index contributed by atoms with van der Waals surface area (Å²) in [4.78, 5) is 60.5. The minimum Gasteiger partial charge on any atom is -0.478 e. The molecule has 3 rings (SSSR count). The van der Waals surface area contributed by atoms with Crippen LogP contribution in [0.3, 0.4) is 0 Å². The molecule has 0 unspecified atom stereocenters. The zero-order chi connectivity index (χ0) is 28.9. The van der Waals surface area contributed by atoms with Crippen molar-refractivity contribution in [2.24, 2.45) is 5.92 Å². The second-order valence-electron chi connectivity index (χ2n) is 8.81. The van der Waals surface area contributed by atoms with Gasteiger partial charge in [-0.2, -0.15) is 0 Å². The lowest BCUT2D eigenvalue weighted by Crippen LogP contribution is -2.43. The standard InChI is InChI=1S/C23H24N4O10S2/c1-39(35,36)25-17-9-15(22(30)31)8-16(10-17)24-21(29)19-6-14(7-20(28)38)11-26(19)23(32)37-12-13-2-4-18(5-3-13)27(33)34/h2-5,8-10,14,19,25H,6-7,11-12H2,1H3,(H,24,29)(H,28,38)(H,30,31)/t14-,19-/m0/s1. The van der Waals surface area contributed by atoms with Crippen molar-refractivity contribution in [3.05, 3.63) is 63.7 Å². The summed E-state index contributed by atoms with van der Waals surface area (Å²) in [6.07, 6.45) is 0.0648. The van der Waals surface area contributed by atoms with Gasteiger partial charge in [0.1, 0.15) is 12.6 Å². The summed E-state index contributed by atoms with van der Waals surface area (Å²) in [5, 5.41) is 22.2. The monoisotopic (exact) mass is 580 g/mol. The smallest absolute Gasteiger partial charge is 0.410 e. The predicted octanol–water partition coefficient (Wildman–Crippen LogP) is 2.48. The van der Waals surface area contributed by atoms with Gasteiger partial charge in [0.2, 0.25) is 15.9 Å². The number of rotatable bonds is 10. The van der Waals surface area contributed by atoms with Gasteiger partial charge >= 0.3 is 12.1 Å². The van der Waals surface area contributed by atoms with Crippen molar-refractivity contribution in [2.75, 3.05) is 22.8 Å². The van der Waals surface area contributed by atoms with E-state index in [4.69, 9.17) is 4.74 Å². The summed E-state index contributed by atoms with van der Waals surface area (Å²) in [6, 6.07) is 7.64. The summed E-state index contributed by atoms with van der Waals surface area (Å²) < 4.78 is 30.7. The number of nitrogens with zero attached hydrogens (tertiary/aromatic N) is 2. The molecule has 14 nitrogen and oxygen atoms in total. The molecule has 1 aliphatic rings. The van der Waals surface area contributed by atoms with Crippen LogP contribution in [0.15, 0.2) is 42.5 Å². The number of ether oxygens (including phenoxy) is 1. The van der Waals surface area contributed by atoms with Crippen molar-refractivity contribution in [1.29, 1.82) is 0 Å². The molecule has 2 atom stereocenters. The van der Waals surface area contributed by atoms with Crippen LogP contribution >= 0.6 is 12.6 Å². The van der Waals surface area contributed by atoms with E-state index in [9.17, 15) is 42.8 Å². The van der Waals surface area contributed by atoms with Crippen LogP contribution in [0.2, 0.25) is 0 Å². The molecule has 2 aromatic rings. The third kappa shape index (κ3) is 8.41. The lowest BCUT2D eigenvalue weighted by Gasteiger charge is -2.23.